The molecule has 0 bridgehead atoms. The maximum Gasteiger partial charge on any atom is 0.411 e. The minimum absolute atomic E-state index is 0.0112. The lowest BCUT2D eigenvalue weighted by molar-refractivity contribution is -0.176. The molecule has 3 atom stereocenters. The Morgan fingerprint density at radius 3 is 2.73 bits per heavy atom. The third kappa shape index (κ3) is 6.80. The lowest BCUT2D eigenvalue weighted by Gasteiger charge is -2.26. The first-order valence-electron chi connectivity index (χ1n) is 7.32. The maximum absolute atomic E-state index is 12.2. The summed E-state index contributed by atoms with van der Waals surface area (Å²) < 4.78 is 41.3. The zero-order valence-corrected chi connectivity index (χ0v) is 12.9. The van der Waals surface area contributed by atoms with Crippen LogP contribution in [0.15, 0.2) is 0 Å². The summed E-state index contributed by atoms with van der Waals surface area (Å²) in [6.07, 6.45) is -3.77. The molecule has 9 heteroatoms. The van der Waals surface area contributed by atoms with Crippen LogP contribution in [0, 0.1) is 5.92 Å². The first-order valence-corrected chi connectivity index (χ1v) is 7.32. The monoisotopic (exact) mass is 326 g/mol. The molecule has 130 valence electrons. The van der Waals surface area contributed by atoms with Gasteiger partial charge in [-0.25, -0.2) is 4.79 Å². The summed E-state index contributed by atoms with van der Waals surface area (Å²) >= 11 is 0. The molecule has 0 aromatic heterocycles. The second-order valence-electron chi connectivity index (χ2n) is 5.73. The van der Waals surface area contributed by atoms with Crippen molar-refractivity contribution in [2.45, 2.75) is 31.6 Å². The molecule has 0 aliphatic carbocycles. The van der Waals surface area contributed by atoms with Crippen molar-refractivity contribution in [1.82, 2.24) is 15.5 Å². The highest BCUT2D eigenvalue weighted by atomic mass is 19.4. The summed E-state index contributed by atoms with van der Waals surface area (Å²) in [7, 11) is 1.52. The average molecular weight is 326 g/mol. The van der Waals surface area contributed by atoms with Crippen molar-refractivity contribution in [3.05, 3.63) is 0 Å². The number of alkyl halides is 3. The van der Waals surface area contributed by atoms with E-state index in [1.807, 2.05) is 11.8 Å². The van der Waals surface area contributed by atoms with E-state index in [4.69, 9.17) is 10.5 Å². The number of likely N-dealkylation sites (tertiary alicyclic amines) is 1. The predicted molar refractivity (Wildman–Crippen MR) is 76.4 cm³/mol. The molecule has 0 aromatic carbocycles. The summed E-state index contributed by atoms with van der Waals surface area (Å²) in [5.74, 6) is 0.226. The van der Waals surface area contributed by atoms with Crippen LogP contribution in [-0.2, 0) is 4.74 Å². The van der Waals surface area contributed by atoms with Crippen LogP contribution in [0.2, 0.25) is 0 Å². The smallest absolute Gasteiger partial charge is 0.370 e. The van der Waals surface area contributed by atoms with Crippen LogP contribution in [0.3, 0.4) is 0 Å². The average Bonchev–Trinajstić information content (AvgIpc) is 2.78. The number of carbonyl (C=O) groups is 1. The topological polar surface area (TPSA) is 79.6 Å². The van der Waals surface area contributed by atoms with Crippen LogP contribution in [0.4, 0.5) is 18.0 Å². The van der Waals surface area contributed by atoms with Crippen LogP contribution in [-0.4, -0.2) is 69.1 Å². The number of nitrogens with zero attached hydrogens (tertiary/aromatic N) is 1. The molecule has 4 N–H and O–H groups in total. The second-order valence-corrected chi connectivity index (χ2v) is 5.73. The van der Waals surface area contributed by atoms with E-state index in [0.717, 1.165) is 0 Å². The van der Waals surface area contributed by atoms with E-state index in [-0.39, 0.29) is 30.6 Å². The Bertz CT molecular complexity index is 355. The fraction of sp³-hybridized carbons (Fsp3) is 0.923. The third-order valence-electron chi connectivity index (χ3n) is 3.61. The summed E-state index contributed by atoms with van der Waals surface area (Å²) in [5.41, 5.74) is 5.60. The van der Waals surface area contributed by atoms with Gasteiger partial charge in [-0.1, -0.05) is 6.92 Å². The number of ether oxygens (including phenoxy) is 1. The zero-order chi connectivity index (χ0) is 16.8. The molecule has 6 nitrogen and oxygen atoms in total. The predicted octanol–water partition coefficient (Wildman–Crippen LogP) is 0.532. The molecule has 1 aliphatic heterocycles. The molecule has 0 saturated carbocycles. The Kier molecular flexibility index (Phi) is 7.37. The summed E-state index contributed by atoms with van der Waals surface area (Å²) in [6, 6.07) is -0.559. The molecule has 22 heavy (non-hydrogen) atoms. The highest BCUT2D eigenvalue weighted by molar-refractivity contribution is 5.73. The first-order chi connectivity index (χ1) is 10.2. The Morgan fingerprint density at radius 1 is 1.50 bits per heavy atom. The standard InChI is InChI=1S/C13H25F3N4O2/c1-9(4-17)5-20-6-10(19-12(21)18-2)3-11(20)7-22-8-13(14,15)16/h9-11H,3-8,17H2,1-2H3,(H2,18,19,21)/t9-,10+,11-/m0/s1. The number of urea groups is 1. The number of amides is 2. The Hall–Kier alpha value is -1.06. The summed E-state index contributed by atoms with van der Waals surface area (Å²) in [4.78, 5) is 13.4. The number of hydrogen-bond donors (Lipinski definition) is 3. The van der Waals surface area contributed by atoms with Gasteiger partial charge in [-0.2, -0.15) is 13.2 Å². The quantitative estimate of drug-likeness (QED) is 0.638. The van der Waals surface area contributed by atoms with Crippen LogP contribution in [0.1, 0.15) is 13.3 Å². The van der Waals surface area contributed by atoms with Crippen LogP contribution >= 0.6 is 0 Å². The van der Waals surface area contributed by atoms with Crippen molar-refractivity contribution in [2.75, 3.05) is 39.9 Å². The van der Waals surface area contributed by atoms with Gasteiger partial charge in [0.05, 0.1) is 6.61 Å². The van der Waals surface area contributed by atoms with Crippen LogP contribution in [0.25, 0.3) is 0 Å². The van der Waals surface area contributed by atoms with Crippen molar-refractivity contribution < 1.29 is 22.7 Å². The van der Waals surface area contributed by atoms with Gasteiger partial charge in [0.25, 0.3) is 0 Å². The third-order valence-corrected chi connectivity index (χ3v) is 3.61. The molecule has 1 fully saturated rings. The molecule has 1 aliphatic rings. The molecular formula is C13H25F3N4O2. The minimum Gasteiger partial charge on any atom is -0.370 e. The van der Waals surface area contributed by atoms with E-state index in [2.05, 4.69) is 10.6 Å². The molecule has 1 heterocycles. The van der Waals surface area contributed by atoms with Gasteiger partial charge in [-0.15, -0.1) is 0 Å². The highest BCUT2D eigenvalue weighted by Gasteiger charge is 2.35. The number of rotatable bonds is 7. The molecule has 2 amide bonds. The summed E-state index contributed by atoms with van der Waals surface area (Å²) in [5, 5.41) is 5.25. The number of nitrogens with one attached hydrogen (secondary N) is 2. The fourth-order valence-corrected chi connectivity index (χ4v) is 2.53. The largest absolute Gasteiger partial charge is 0.411 e. The molecular weight excluding hydrogens is 301 g/mol. The van der Waals surface area contributed by atoms with E-state index in [0.29, 0.717) is 26.1 Å². The van der Waals surface area contributed by atoms with Gasteiger partial charge in [0, 0.05) is 32.2 Å². The van der Waals surface area contributed by atoms with E-state index in [1.54, 1.807) is 0 Å². The van der Waals surface area contributed by atoms with E-state index >= 15 is 0 Å². The van der Waals surface area contributed by atoms with Crippen LogP contribution < -0.4 is 16.4 Å². The Morgan fingerprint density at radius 2 is 2.18 bits per heavy atom. The van der Waals surface area contributed by atoms with Crippen molar-refractivity contribution >= 4 is 6.03 Å². The Balaban J connectivity index is 2.54. The molecule has 0 aromatic rings. The van der Waals surface area contributed by atoms with Crippen molar-refractivity contribution in [3.8, 4) is 0 Å². The number of halogens is 3. The van der Waals surface area contributed by atoms with E-state index in [9.17, 15) is 18.0 Å². The molecule has 1 rings (SSSR count). The maximum atomic E-state index is 12.2. The normalized spacial score (nSPS) is 24.3. The van der Waals surface area contributed by atoms with Crippen molar-refractivity contribution in [1.29, 1.82) is 0 Å². The lowest BCUT2D eigenvalue weighted by atomic mass is 10.1. The highest BCUT2D eigenvalue weighted by Crippen LogP contribution is 2.21. The van der Waals surface area contributed by atoms with Crippen LogP contribution in [0.5, 0.6) is 0 Å². The lowest BCUT2D eigenvalue weighted by Crippen LogP contribution is -2.42. The summed E-state index contributed by atoms with van der Waals surface area (Å²) in [6.45, 7) is 2.47. The number of nitrogens with two attached hydrogens (primary N) is 1. The second kappa shape index (κ2) is 8.54. The molecule has 0 radical (unpaired) electrons. The van der Waals surface area contributed by atoms with Gasteiger partial charge in [-0.05, 0) is 18.9 Å². The Labute approximate surface area is 128 Å². The first kappa shape index (κ1) is 19.0. The molecule has 1 saturated heterocycles. The zero-order valence-electron chi connectivity index (χ0n) is 12.9. The fourth-order valence-electron chi connectivity index (χ4n) is 2.53. The van der Waals surface area contributed by atoms with E-state index < -0.39 is 12.8 Å². The minimum atomic E-state index is -4.33. The molecule has 0 spiro atoms. The SMILES string of the molecule is CNC(=O)N[C@@H]1C[C@@H](COCC(F)(F)F)N(C[C@@H](C)CN)C1. The van der Waals surface area contributed by atoms with Gasteiger partial charge in [0.2, 0.25) is 0 Å². The number of carbonyl (C=O) groups excluding carboxylic acids is 1. The molecule has 0 unspecified atom stereocenters. The number of hydrogen-bond acceptors (Lipinski definition) is 4. The van der Waals surface area contributed by atoms with Gasteiger partial charge in [0.15, 0.2) is 0 Å². The van der Waals surface area contributed by atoms with Crippen molar-refractivity contribution in [3.63, 3.8) is 0 Å². The van der Waals surface area contributed by atoms with Gasteiger partial charge < -0.3 is 21.1 Å². The van der Waals surface area contributed by atoms with Crippen molar-refractivity contribution in [2.24, 2.45) is 11.7 Å². The van der Waals surface area contributed by atoms with Gasteiger partial charge >= 0.3 is 12.2 Å². The van der Waals surface area contributed by atoms with E-state index in [1.165, 1.54) is 7.05 Å². The van der Waals surface area contributed by atoms with Gasteiger partial charge in [0.1, 0.15) is 6.61 Å². The van der Waals surface area contributed by atoms with Gasteiger partial charge in [-0.3, -0.25) is 4.90 Å².